The SMILES string of the molecule is O=C(Nc1ccncc1)c1ccn(COc2cc(F)ccc2[N+](=O)[O-])n1. The Balaban J connectivity index is 1.67. The van der Waals surface area contributed by atoms with Crippen molar-refractivity contribution >= 4 is 17.3 Å². The summed E-state index contributed by atoms with van der Waals surface area (Å²) in [5, 5.41) is 17.6. The van der Waals surface area contributed by atoms with E-state index in [0.717, 1.165) is 18.2 Å². The number of nitrogens with one attached hydrogen (secondary N) is 1. The summed E-state index contributed by atoms with van der Waals surface area (Å²) in [5.74, 6) is -1.33. The van der Waals surface area contributed by atoms with E-state index in [1.54, 1.807) is 12.1 Å². The van der Waals surface area contributed by atoms with Crippen molar-refractivity contribution in [3.05, 3.63) is 76.6 Å². The number of carbonyl (C=O) groups is 1. The van der Waals surface area contributed by atoms with Gasteiger partial charge in [-0.2, -0.15) is 5.10 Å². The van der Waals surface area contributed by atoms with Gasteiger partial charge in [-0.1, -0.05) is 0 Å². The van der Waals surface area contributed by atoms with Gasteiger partial charge in [-0.15, -0.1) is 0 Å². The quantitative estimate of drug-likeness (QED) is 0.536. The summed E-state index contributed by atoms with van der Waals surface area (Å²) in [6.45, 7) is -0.229. The summed E-state index contributed by atoms with van der Waals surface area (Å²) < 4.78 is 19.8. The second kappa shape index (κ2) is 7.38. The van der Waals surface area contributed by atoms with Gasteiger partial charge in [0.1, 0.15) is 5.82 Å². The van der Waals surface area contributed by atoms with Crippen LogP contribution in [0.4, 0.5) is 15.8 Å². The molecule has 0 spiro atoms. The maximum absolute atomic E-state index is 13.3. The largest absolute Gasteiger partial charge is 0.464 e. The van der Waals surface area contributed by atoms with Crippen LogP contribution in [-0.2, 0) is 6.73 Å². The molecule has 132 valence electrons. The predicted octanol–water partition coefficient (Wildman–Crippen LogP) is 2.61. The fourth-order valence-electron chi connectivity index (χ4n) is 2.08. The molecule has 0 fully saturated rings. The van der Waals surface area contributed by atoms with Crippen molar-refractivity contribution in [1.82, 2.24) is 14.8 Å². The van der Waals surface area contributed by atoms with Crippen LogP contribution in [0.3, 0.4) is 0 Å². The van der Waals surface area contributed by atoms with Gasteiger partial charge < -0.3 is 10.1 Å². The molecule has 3 aromatic rings. The van der Waals surface area contributed by atoms with Crippen LogP contribution in [0.5, 0.6) is 5.75 Å². The molecule has 0 atom stereocenters. The highest BCUT2D eigenvalue weighted by molar-refractivity contribution is 6.02. The maximum Gasteiger partial charge on any atom is 0.311 e. The molecule has 0 aliphatic rings. The van der Waals surface area contributed by atoms with Crippen LogP contribution in [0.1, 0.15) is 10.5 Å². The summed E-state index contributed by atoms with van der Waals surface area (Å²) >= 11 is 0. The van der Waals surface area contributed by atoms with Crippen LogP contribution in [0, 0.1) is 15.9 Å². The van der Waals surface area contributed by atoms with Gasteiger partial charge in [-0.3, -0.25) is 19.9 Å². The number of amides is 1. The molecular weight excluding hydrogens is 345 g/mol. The molecule has 26 heavy (non-hydrogen) atoms. The van der Waals surface area contributed by atoms with E-state index in [1.807, 2.05) is 0 Å². The van der Waals surface area contributed by atoms with Gasteiger partial charge in [0.15, 0.2) is 12.4 Å². The number of carbonyl (C=O) groups excluding carboxylic acids is 1. The lowest BCUT2D eigenvalue weighted by atomic mass is 10.3. The van der Waals surface area contributed by atoms with Crippen molar-refractivity contribution in [3.63, 3.8) is 0 Å². The second-order valence-electron chi connectivity index (χ2n) is 5.07. The third-order valence-corrected chi connectivity index (χ3v) is 3.28. The molecule has 1 aromatic carbocycles. The minimum atomic E-state index is -0.675. The van der Waals surface area contributed by atoms with Crippen molar-refractivity contribution in [2.75, 3.05) is 5.32 Å². The normalized spacial score (nSPS) is 10.3. The Kier molecular flexibility index (Phi) is 4.83. The molecule has 0 unspecified atom stereocenters. The summed E-state index contributed by atoms with van der Waals surface area (Å²) in [7, 11) is 0. The lowest BCUT2D eigenvalue weighted by Crippen LogP contribution is -2.14. The molecule has 2 heterocycles. The van der Waals surface area contributed by atoms with E-state index in [1.165, 1.54) is 29.3 Å². The summed E-state index contributed by atoms with van der Waals surface area (Å²) in [4.78, 5) is 26.2. The van der Waals surface area contributed by atoms with E-state index >= 15 is 0 Å². The van der Waals surface area contributed by atoms with Gasteiger partial charge in [0, 0.05) is 36.4 Å². The van der Waals surface area contributed by atoms with Gasteiger partial charge in [0.25, 0.3) is 5.91 Å². The second-order valence-corrected chi connectivity index (χ2v) is 5.07. The smallest absolute Gasteiger partial charge is 0.311 e. The number of halogens is 1. The van der Waals surface area contributed by atoms with Gasteiger partial charge in [0.05, 0.1) is 4.92 Å². The van der Waals surface area contributed by atoms with Crippen molar-refractivity contribution in [2.24, 2.45) is 0 Å². The Morgan fingerprint density at radius 1 is 1.27 bits per heavy atom. The van der Waals surface area contributed by atoms with Crippen LogP contribution in [0.2, 0.25) is 0 Å². The molecule has 9 nitrogen and oxygen atoms in total. The number of nitro groups is 1. The average Bonchev–Trinajstić information content (AvgIpc) is 3.10. The van der Waals surface area contributed by atoms with Crippen LogP contribution < -0.4 is 10.1 Å². The maximum atomic E-state index is 13.3. The zero-order chi connectivity index (χ0) is 18.5. The van der Waals surface area contributed by atoms with Crippen molar-refractivity contribution in [3.8, 4) is 5.75 Å². The van der Waals surface area contributed by atoms with Gasteiger partial charge in [0.2, 0.25) is 5.75 Å². The van der Waals surface area contributed by atoms with Crippen LogP contribution in [0.15, 0.2) is 55.0 Å². The molecule has 0 bridgehead atoms. The van der Waals surface area contributed by atoms with E-state index in [9.17, 15) is 19.3 Å². The fourth-order valence-corrected chi connectivity index (χ4v) is 2.08. The Morgan fingerprint density at radius 2 is 2.04 bits per heavy atom. The minimum Gasteiger partial charge on any atom is -0.464 e. The van der Waals surface area contributed by atoms with E-state index in [-0.39, 0.29) is 23.9 Å². The number of hydrogen-bond acceptors (Lipinski definition) is 6. The predicted molar refractivity (Wildman–Crippen MR) is 88.1 cm³/mol. The van der Waals surface area contributed by atoms with E-state index in [4.69, 9.17) is 4.74 Å². The van der Waals surface area contributed by atoms with Crippen molar-refractivity contribution < 1.29 is 18.8 Å². The molecule has 0 radical (unpaired) electrons. The number of anilines is 1. The molecule has 2 aromatic heterocycles. The van der Waals surface area contributed by atoms with E-state index in [0.29, 0.717) is 5.69 Å². The topological polar surface area (TPSA) is 112 Å². The number of rotatable bonds is 6. The Labute approximate surface area is 146 Å². The molecule has 0 aliphatic heterocycles. The first-order valence-corrected chi connectivity index (χ1v) is 7.34. The number of nitro benzene ring substituents is 1. The first kappa shape index (κ1) is 17.0. The number of hydrogen-bond donors (Lipinski definition) is 1. The van der Waals surface area contributed by atoms with Crippen LogP contribution in [-0.4, -0.2) is 25.6 Å². The molecule has 1 amide bonds. The number of aromatic nitrogens is 3. The third kappa shape index (κ3) is 3.98. The van der Waals surface area contributed by atoms with Crippen LogP contribution in [0.25, 0.3) is 0 Å². The van der Waals surface area contributed by atoms with Crippen molar-refractivity contribution in [2.45, 2.75) is 6.73 Å². The van der Waals surface area contributed by atoms with E-state index < -0.39 is 16.6 Å². The lowest BCUT2D eigenvalue weighted by Gasteiger charge is -2.07. The Morgan fingerprint density at radius 3 is 2.77 bits per heavy atom. The highest BCUT2D eigenvalue weighted by Gasteiger charge is 2.16. The molecule has 10 heteroatoms. The lowest BCUT2D eigenvalue weighted by molar-refractivity contribution is -0.386. The summed E-state index contributed by atoms with van der Waals surface area (Å²) in [6, 6.07) is 7.61. The highest BCUT2D eigenvalue weighted by atomic mass is 19.1. The van der Waals surface area contributed by atoms with Crippen LogP contribution >= 0.6 is 0 Å². The first-order chi connectivity index (χ1) is 12.5. The molecule has 3 rings (SSSR count). The van der Waals surface area contributed by atoms with Gasteiger partial charge >= 0.3 is 5.69 Å². The third-order valence-electron chi connectivity index (χ3n) is 3.28. The van der Waals surface area contributed by atoms with Gasteiger partial charge in [-0.25, -0.2) is 9.07 Å². The highest BCUT2D eigenvalue weighted by Crippen LogP contribution is 2.27. The Hall–Kier alpha value is -3.82. The van der Waals surface area contributed by atoms with Gasteiger partial charge in [-0.05, 0) is 24.3 Å². The molecule has 0 aliphatic carbocycles. The molecule has 0 saturated carbocycles. The van der Waals surface area contributed by atoms with Crippen molar-refractivity contribution in [1.29, 1.82) is 0 Å². The number of nitrogens with zero attached hydrogens (tertiary/aromatic N) is 4. The monoisotopic (exact) mass is 357 g/mol. The standard InChI is InChI=1S/C16H12FN5O4/c17-11-1-2-14(22(24)25)15(9-11)26-10-21-8-5-13(20-21)16(23)19-12-3-6-18-7-4-12/h1-9H,10H2,(H,18,19,23). The Bertz CT molecular complexity index is 945. The zero-order valence-corrected chi connectivity index (χ0v) is 13.2. The first-order valence-electron chi connectivity index (χ1n) is 7.34. The summed E-state index contributed by atoms with van der Waals surface area (Å²) in [6.07, 6.45) is 4.54. The number of pyridine rings is 1. The zero-order valence-electron chi connectivity index (χ0n) is 13.2. The number of benzene rings is 1. The van der Waals surface area contributed by atoms with E-state index in [2.05, 4.69) is 15.4 Å². The minimum absolute atomic E-state index is 0.124. The number of ether oxygens (including phenoxy) is 1. The molecular formula is C16H12FN5O4. The summed E-state index contributed by atoms with van der Waals surface area (Å²) in [5.41, 5.74) is 0.319. The molecule has 0 saturated heterocycles. The fraction of sp³-hybridized carbons (Fsp3) is 0.0625. The molecule has 1 N–H and O–H groups in total. The average molecular weight is 357 g/mol.